The molecule has 2 heterocycles. The second-order valence-corrected chi connectivity index (χ2v) is 6.43. The number of anilines is 1. The minimum absolute atomic E-state index is 0.0647. The highest BCUT2D eigenvalue weighted by atomic mass is 16.2. The SMILES string of the molecule is Cc1ccc(NC(=O)N2CCn3cccc3[C@H]2c2ccccc2)cc1. The van der Waals surface area contributed by atoms with Crippen LogP contribution in [0.15, 0.2) is 72.9 Å². The van der Waals surface area contributed by atoms with Crippen molar-refractivity contribution in [3.63, 3.8) is 0 Å². The second-order valence-electron chi connectivity index (χ2n) is 6.43. The number of hydrogen-bond acceptors (Lipinski definition) is 1. The number of fused-ring (bicyclic) bond motifs is 1. The van der Waals surface area contributed by atoms with E-state index in [0.29, 0.717) is 6.54 Å². The van der Waals surface area contributed by atoms with Crippen LogP contribution >= 0.6 is 0 Å². The van der Waals surface area contributed by atoms with Gasteiger partial charge in [0.1, 0.15) is 0 Å². The summed E-state index contributed by atoms with van der Waals surface area (Å²) in [6, 6.07) is 22.1. The molecule has 3 aromatic rings. The molecule has 1 aliphatic heterocycles. The molecule has 2 aromatic carbocycles. The fraction of sp³-hybridized carbons (Fsp3) is 0.190. The van der Waals surface area contributed by atoms with E-state index in [2.05, 4.69) is 34.3 Å². The molecular formula is C21H21N3O. The number of benzene rings is 2. The minimum Gasteiger partial charge on any atom is -0.348 e. The predicted molar refractivity (Wildman–Crippen MR) is 99.6 cm³/mol. The zero-order valence-corrected chi connectivity index (χ0v) is 14.2. The number of hydrogen-bond donors (Lipinski definition) is 1. The van der Waals surface area contributed by atoms with Crippen LogP contribution in [0.25, 0.3) is 0 Å². The maximum atomic E-state index is 13.0. The molecule has 4 rings (SSSR count). The first-order chi connectivity index (χ1) is 12.2. The number of amides is 2. The monoisotopic (exact) mass is 331 g/mol. The topological polar surface area (TPSA) is 37.3 Å². The zero-order chi connectivity index (χ0) is 17.2. The van der Waals surface area contributed by atoms with Crippen molar-refractivity contribution in [2.24, 2.45) is 0 Å². The number of carbonyl (C=O) groups is 1. The molecule has 4 nitrogen and oxygen atoms in total. The molecule has 0 unspecified atom stereocenters. The second kappa shape index (κ2) is 6.48. The molecule has 0 aliphatic carbocycles. The van der Waals surface area contributed by atoms with Crippen molar-refractivity contribution < 1.29 is 4.79 Å². The van der Waals surface area contributed by atoms with Crippen molar-refractivity contribution in [1.29, 1.82) is 0 Å². The standard InChI is InChI=1S/C21H21N3O/c1-16-9-11-18(12-10-16)22-21(25)24-15-14-23-13-5-8-19(23)20(24)17-6-3-2-4-7-17/h2-13,20H,14-15H2,1H3,(H,22,25)/t20-/m1/s1. The lowest BCUT2D eigenvalue weighted by Crippen LogP contribution is -2.44. The van der Waals surface area contributed by atoms with Gasteiger partial charge in [0.05, 0.1) is 6.04 Å². The first-order valence-corrected chi connectivity index (χ1v) is 8.56. The number of nitrogens with one attached hydrogen (secondary N) is 1. The Morgan fingerprint density at radius 2 is 1.72 bits per heavy atom. The van der Waals surface area contributed by atoms with Gasteiger partial charge in [-0.3, -0.25) is 0 Å². The highest BCUT2D eigenvalue weighted by molar-refractivity contribution is 5.90. The minimum atomic E-state index is -0.0737. The molecule has 0 radical (unpaired) electrons. The average molecular weight is 331 g/mol. The fourth-order valence-corrected chi connectivity index (χ4v) is 3.42. The van der Waals surface area contributed by atoms with Crippen molar-refractivity contribution in [3.05, 3.63) is 89.7 Å². The number of aryl methyl sites for hydroxylation is 1. The van der Waals surface area contributed by atoms with E-state index in [0.717, 1.165) is 23.5 Å². The summed E-state index contributed by atoms with van der Waals surface area (Å²) in [5.74, 6) is 0. The Hall–Kier alpha value is -3.01. The van der Waals surface area contributed by atoms with E-state index < -0.39 is 0 Å². The summed E-state index contributed by atoms with van der Waals surface area (Å²) in [5.41, 5.74) is 4.28. The lowest BCUT2D eigenvalue weighted by atomic mass is 10.0. The lowest BCUT2D eigenvalue weighted by molar-refractivity contribution is 0.182. The fourth-order valence-electron chi connectivity index (χ4n) is 3.42. The molecular weight excluding hydrogens is 310 g/mol. The van der Waals surface area contributed by atoms with Crippen LogP contribution in [0, 0.1) is 6.92 Å². The van der Waals surface area contributed by atoms with Gasteiger partial charge in [0.25, 0.3) is 0 Å². The average Bonchev–Trinajstić information content (AvgIpc) is 3.12. The van der Waals surface area contributed by atoms with Gasteiger partial charge >= 0.3 is 6.03 Å². The van der Waals surface area contributed by atoms with E-state index in [9.17, 15) is 4.79 Å². The highest BCUT2D eigenvalue weighted by Crippen LogP contribution is 2.32. The molecule has 0 saturated heterocycles. The van der Waals surface area contributed by atoms with Gasteiger partial charge in [-0.2, -0.15) is 0 Å². The van der Waals surface area contributed by atoms with Gasteiger partial charge in [0.15, 0.2) is 0 Å². The number of nitrogens with zero attached hydrogens (tertiary/aromatic N) is 2. The van der Waals surface area contributed by atoms with Crippen LogP contribution in [-0.2, 0) is 6.54 Å². The molecule has 25 heavy (non-hydrogen) atoms. The molecule has 0 saturated carbocycles. The summed E-state index contributed by atoms with van der Waals surface area (Å²) in [6.07, 6.45) is 2.08. The van der Waals surface area contributed by atoms with Gasteiger partial charge in [-0.15, -0.1) is 0 Å². The third-order valence-electron chi connectivity index (χ3n) is 4.72. The Labute approximate surface area is 147 Å². The summed E-state index contributed by atoms with van der Waals surface area (Å²) >= 11 is 0. The van der Waals surface area contributed by atoms with Gasteiger partial charge in [-0.25, -0.2) is 4.79 Å². The number of urea groups is 1. The first-order valence-electron chi connectivity index (χ1n) is 8.56. The number of rotatable bonds is 2. The van der Waals surface area contributed by atoms with Crippen LogP contribution in [0.2, 0.25) is 0 Å². The summed E-state index contributed by atoms with van der Waals surface area (Å²) in [7, 11) is 0. The third-order valence-corrected chi connectivity index (χ3v) is 4.72. The van der Waals surface area contributed by atoms with Crippen LogP contribution in [0.1, 0.15) is 22.9 Å². The van der Waals surface area contributed by atoms with Gasteiger partial charge in [0.2, 0.25) is 0 Å². The molecule has 1 N–H and O–H groups in total. The van der Waals surface area contributed by atoms with Gasteiger partial charge in [-0.05, 0) is 36.8 Å². The smallest absolute Gasteiger partial charge is 0.322 e. The molecule has 126 valence electrons. The van der Waals surface area contributed by atoms with Crippen LogP contribution in [0.4, 0.5) is 10.5 Å². The summed E-state index contributed by atoms with van der Waals surface area (Å²) in [6.45, 7) is 3.53. The zero-order valence-electron chi connectivity index (χ0n) is 14.2. The normalized spacial score (nSPS) is 16.4. The first kappa shape index (κ1) is 15.5. The van der Waals surface area contributed by atoms with Crippen molar-refractivity contribution in [2.45, 2.75) is 19.5 Å². The molecule has 1 aliphatic rings. The van der Waals surface area contributed by atoms with Crippen LogP contribution in [0.3, 0.4) is 0 Å². The summed E-state index contributed by atoms with van der Waals surface area (Å²) in [4.78, 5) is 14.9. The Kier molecular flexibility index (Phi) is 4.02. The van der Waals surface area contributed by atoms with Gasteiger partial charge in [0, 0.05) is 30.7 Å². The molecule has 4 heteroatoms. The van der Waals surface area contributed by atoms with E-state index in [4.69, 9.17) is 0 Å². The highest BCUT2D eigenvalue weighted by Gasteiger charge is 2.32. The Bertz CT molecular complexity index is 868. The van der Waals surface area contributed by atoms with Gasteiger partial charge < -0.3 is 14.8 Å². The van der Waals surface area contributed by atoms with Crippen molar-refractivity contribution >= 4 is 11.7 Å². The lowest BCUT2D eigenvalue weighted by Gasteiger charge is -2.37. The largest absolute Gasteiger partial charge is 0.348 e. The Morgan fingerprint density at radius 1 is 0.960 bits per heavy atom. The molecule has 1 atom stereocenters. The summed E-state index contributed by atoms with van der Waals surface area (Å²) < 4.78 is 2.23. The predicted octanol–water partition coefficient (Wildman–Crippen LogP) is 4.43. The maximum Gasteiger partial charge on any atom is 0.322 e. The van der Waals surface area contributed by atoms with Crippen molar-refractivity contribution in [3.8, 4) is 0 Å². The van der Waals surface area contributed by atoms with Crippen LogP contribution in [0.5, 0.6) is 0 Å². The van der Waals surface area contributed by atoms with Crippen molar-refractivity contribution in [2.75, 3.05) is 11.9 Å². The Balaban J connectivity index is 1.65. The van der Waals surface area contributed by atoms with Gasteiger partial charge in [-0.1, -0.05) is 48.0 Å². The van der Waals surface area contributed by atoms with Crippen LogP contribution < -0.4 is 5.32 Å². The maximum absolute atomic E-state index is 13.0. The summed E-state index contributed by atoms with van der Waals surface area (Å²) in [5, 5.41) is 3.04. The molecule has 0 fully saturated rings. The molecule has 1 aromatic heterocycles. The van der Waals surface area contributed by atoms with E-state index >= 15 is 0 Å². The molecule has 0 bridgehead atoms. The van der Waals surface area contributed by atoms with Crippen molar-refractivity contribution in [1.82, 2.24) is 9.47 Å². The molecule has 2 amide bonds. The third kappa shape index (κ3) is 3.03. The quantitative estimate of drug-likeness (QED) is 0.741. The van der Waals surface area contributed by atoms with E-state index in [-0.39, 0.29) is 12.1 Å². The number of carbonyl (C=O) groups excluding carboxylic acids is 1. The molecule has 0 spiro atoms. The van der Waals surface area contributed by atoms with E-state index in [1.807, 2.05) is 60.4 Å². The Morgan fingerprint density at radius 3 is 2.48 bits per heavy atom. The van der Waals surface area contributed by atoms with E-state index in [1.165, 1.54) is 5.56 Å². The number of aromatic nitrogens is 1. The van der Waals surface area contributed by atoms with Crippen LogP contribution in [-0.4, -0.2) is 22.0 Å². The van der Waals surface area contributed by atoms with E-state index in [1.54, 1.807) is 0 Å².